The van der Waals surface area contributed by atoms with Crippen molar-refractivity contribution in [2.75, 3.05) is 20.8 Å². The molecule has 0 radical (unpaired) electrons. The molecule has 0 atom stereocenters. The van der Waals surface area contributed by atoms with Crippen LogP contribution in [0.15, 0.2) is 72.8 Å². The van der Waals surface area contributed by atoms with Crippen molar-refractivity contribution in [1.29, 1.82) is 0 Å². The van der Waals surface area contributed by atoms with E-state index in [0.29, 0.717) is 29.2 Å². The van der Waals surface area contributed by atoms with E-state index in [1.807, 2.05) is 24.3 Å². The van der Waals surface area contributed by atoms with E-state index in [4.69, 9.17) is 14.2 Å². The number of carbonyl (C=O) groups is 2. The first kappa shape index (κ1) is 23.3. The van der Waals surface area contributed by atoms with Gasteiger partial charge in [0.25, 0.3) is 0 Å². The van der Waals surface area contributed by atoms with Gasteiger partial charge in [-0.25, -0.2) is 4.79 Å². The van der Waals surface area contributed by atoms with E-state index in [0.717, 1.165) is 16.0 Å². The molecule has 0 amide bonds. The van der Waals surface area contributed by atoms with Crippen molar-refractivity contribution in [3.8, 4) is 21.9 Å². The summed E-state index contributed by atoms with van der Waals surface area (Å²) in [6, 6.07) is 20.6. The van der Waals surface area contributed by atoms with Gasteiger partial charge in [0.15, 0.2) is 5.78 Å². The molecule has 34 heavy (non-hydrogen) atoms. The fraction of sp³-hybridized carbons (Fsp3) is 0.143. The second-order valence-corrected chi connectivity index (χ2v) is 8.52. The average Bonchev–Trinajstić information content (AvgIpc) is 3.31. The summed E-state index contributed by atoms with van der Waals surface area (Å²) in [4.78, 5) is 25.6. The molecule has 5 nitrogen and oxygen atoms in total. The zero-order valence-corrected chi connectivity index (χ0v) is 20.0. The maximum atomic E-state index is 12.8. The Bertz CT molecular complexity index is 1330. The molecule has 172 valence electrons. The van der Waals surface area contributed by atoms with Crippen LogP contribution in [-0.4, -0.2) is 32.6 Å². The van der Waals surface area contributed by atoms with E-state index in [9.17, 15) is 9.59 Å². The van der Waals surface area contributed by atoms with Crippen LogP contribution in [0, 0.1) is 0 Å². The zero-order chi connectivity index (χ0) is 24.1. The van der Waals surface area contributed by atoms with Crippen molar-refractivity contribution in [3.63, 3.8) is 0 Å². The highest BCUT2D eigenvalue weighted by Gasteiger charge is 2.15. The first-order valence-electron chi connectivity index (χ1n) is 10.8. The second kappa shape index (κ2) is 10.4. The first-order chi connectivity index (χ1) is 16.5. The smallest absolute Gasteiger partial charge is 0.338 e. The highest BCUT2D eigenvalue weighted by Crippen LogP contribution is 2.41. The summed E-state index contributed by atoms with van der Waals surface area (Å²) in [5.74, 6) is 0.704. The molecule has 1 heterocycles. The number of hydrogen-bond donors (Lipinski definition) is 0. The average molecular weight is 473 g/mol. The summed E-state index contributed by atoms with van der Waals surface area (Å²) in [5.41, 5.74) is 2.57. The van der Waals surface area contributed by atoms with E-state index in [-0.39, 0.29) is 5.78 Å². The zero-order valence-electron chi connectivity index (χ0n) is 19.2. The lowest BCUT2D eigenvalue weighted by atomic mass is 10.0. The Morgan fingerprint density at radius 3 is 2.26 bits per heavy atom. The predicted molar refractivity (Wildman–Crippen MR) is 136 cm³/mol. The lowest BCUT2D eigenvalue weighted by molar-refractivity contribution is 0.0526. The summed E-state index contributed by atoms with van der Waals surface area (Å²) in [6.07, 6.45) is 3.23. The number of ketones is 1. The fourth-order valence-corrected chi connectivity index (χ4v) is 4.69. The number of benzene rings is 3. The van der Waals surface area contributed by atoms with Crippen molar-refractivity contribution in [1.82, 2.24) is 0 Å². The third-order valence-electron chi connectivity index (χ3n) is 5.34. The highest BCUT2D eigenvalue weighted by atomic mass is 32.1. The topological polar surface area (TPSA) is 61.8 Å². The van der Waals surface area contributed by atoms with Crippen LogP contribution in [0.4, 0.5) is 0 Å². The van der Waals surface area contributed by atoms with Gasteiger partial charge in [0.1, 0.15) is 11.5 Å². The Hall–Kier alpha value is -3.90. The summed E-state index contributed by atoms with van der Waals surface area (Å²) in [7, 11) is 3.21. The van der Waals surface area contributed by atoms with Crippen LogP contribution < -0.4 is 9.47 Å². The molecule has 6 heteroatoms. The molecule has 4 rings (SSSR count). The molecule has 0 fully saturated rings. The fourth-order valence-electron chi connectivity index (χ4n) is 3.61. The molecule has 0 bridgehead atoms. The van der Waals surface area contributed by atoms with Gasteiger partial charge in [-0.05, 0) is 54.8 Å². The maximum Gasteiger partial charge on any atom is 0.338 e. The minimum absolute atomic E-state index is 0.184. The molecule has 0 aliphatic heterocycles. The number of ether oxygens (including phenoxy) is 3. The number of fused-ring (bicyclic) bond motifs is 1. The van der Waals surface area contributed by atoms with Crippen molar-refractivity contribution < 1.29 is 23.8 Å². The normalized spacial score (nSPS) is 11.0. The van der Waals surface area contributed by atoms with E-state index >= 15 is 0 Å². The minimum atomic E-state index is -0.409. The van der Waals surface area contributed by atoms with Gasteiger partial charge in [0.2, 0.25) is 0 Å². The molecule has 0 aliphatic rings. The number of esters is 1. The van der Waals surface area contributed by atoms with Crippen LogP contribution in [0.25, 0.3) is 26.6 Å². The van der Waals surface area contributed by atoms with Gasteiger partial charge in [-0.3, -0.25) is 4.79 Å². The molecular weight excluding hydrogens is 448 g/mol. The van der Waals surface area contributed by atoms with Crippen LogP contribution in [0.2, 0.25) is 0 Å². The quantitative estimate of drug-likeness (QED) is 0.163. The van der Waals surface area contributed by atoms with Gasteiger partial charge < -0.3 is 14.2 Å². The van der Waals surface area contributed by atoms with Gasteiger partial charge in [0.05, 0.1) is 26.4 Å². The van der Waals surface area contributed by atoms with Gasteiger partial charge in [-0.15, -0.1) is 11.3 Å². The Labute approximate surface area is 202 Å². The lowest BCUT2D eigenvalue weighted by Gasteiger charge is -2.12. The molecule has 3 aromatic carbocycles. The number of allylic oxidation sites excluding steroid dienone is 1. The van der Waals surface area contributed by atoms with E-state index in [2.05, 4.69) is 18.2 Å². The highest BCUT2D eigenvalue weighted by molar-refractivity contribution is 7.22. The van der Waals surface area contributed by atoms with Crippen LogP contribution >= 0.6 is 11.3 Å². The summed E-state index contributed by atoms with van der Waals surface area (Å²) in [5, 5.41) is 1.17. The number of carbonyl (C=O) groups excluding carboxylic acids is 2. The molecule has 1 aromatic heterocycles. The SMILES string of the molecule is CCOC(=O)c1ccc(C(=O)C=Cc2cc(-c3cc4ccccc4s3)c(OC)cc2OC)cc1. The van der Waals surface area contributed by atoms with Crippen molar-refractivity contribution in [2.45, 2.75) is 6.92 Å². The third-order valence-corrected chi connectivity index (χ3v) is 6.49. The van der Waals surface area contributed by atoms with Crippen LogP contribution in [0.5, 0.6) is 11.5 Å². The van der Waals surface area contributed by atoms with Gasteiger partial charge in [-0.2, -0.15) is 0 Å². The number of hydrogen-bond acceptors (Lipinski definition) is 6. The van der Waals surface area contributed by atoms with Crippen LogP contribution in [0.3, 0.4) is 0 Å². The van der Waals surface area contributed by atoms with Crippen LogP contribution in [0.1, 0.15) is 33.2 Å². The van der Waals surface area contributed by atoms with E-state index in [1.165, 1.54) is 16.2 Å². The monoisotopic (exact) mass is 472 g/mol. The maximum absolute atomic E-state index is 12.8. The van der Waals surface area contributed by atoms with E-state index < -0.39 is 5.97 Å². The second-order valence-electron chi connectivity index (χ2n) is 7.44. The molecular formula is C28H24O5S. The summed E-state index contributed by atoms with van der Waals surface area (Å²) in [6.45, 7) is 2.05. The number of thiophene rings is 1. The van der Waals surface area contributed by atoms with Gasteiger partial charge >= 0.3 is 5.97 Å². The molecule has 0 N–H and O–H groups in total. The third kappa shape index (κ3) is 4.87. The Kier molecular flexibility index (Phi) is 7.09. The van der Waals surface area contributed by atoms with Crippen molar-refractivity contribution in [2.24, 2.45) is 0 Å². The Balaban J connectivity index is 1.65. The van der Waals surface area contributed by atoms with Crippen molar-refractivity contribution >= 4 is 39.3 Å². The first-order valence-corrected chi connectivity index (χ1v) is 11.6. The molecule has 0 unspecified atom stereocenters. The number of rotatable bonds is 8. The largest absolute Gasteiger partial charge is 0.496 e. The molecule has 0 saturated heterocycles. The predicted octanol–water partition coefficient (Wildman–Crippen LogP) is 6.66. The van der Waals surface area contributed by atoms with Gasteiger partial charge in [-0.1, -0.05) is 30.3 Å². The van der Waals surface area contributed by atoms with Gasteiger partial charge in [0, 0.05) is 32.3 Å². The lowest BCUT2D eigenvalue weighted by Crippen LogP contribution is -2.05. The van der Waals surface area contributed by atoms with E-state index in [1.54, 1.807) is 62.8 Å². The Morgan fingerprint density at radius 2 is 1.59 bits per heavy atom. The summed E-state index contributed by atoms with van der Waals surface area (Å²) >= 11 is 1.68. The number of methoxy groups -OCH3 is 2. The Morgan fingerprint density at radius 1 is 0.882 bits per heavy atom. The standard InChI is InChI=1S/C28H24O5S/c1-4-33-28(30)19-11-9-18(10-12-19)23(29)14-13-20-15-22(25(32-3)17-24(20)31-2)27-16-21-7-5-6-8-26(21)34-27/h5-17H,4H2,1-3H3. The minimum Gasteiger partial charge on any atom is -0.496 e. The molecule has 0 saturated carbocycles. The molecule has 4 aromatic rings. The molecule has 0 spiro atoms. The van der Waals surface area contributed by atoms with Crippen LogP contribution in [-0.2, 0) is 4.74 Å². The van der Waals surface area contributed by atoms with Crippen molar-refractivity contribution in [3.05, 3.63) is 89.5 Å². The summed E-state index contributed by atoms with van der Waals surface area (Å²) < 4.78 is 17.4. The molecule has 0 aliphatic carbocycles.